The summed E-state index contributed by atoms with van der Waals surface area (Å²) in [5.41, 5.74) is 2.71. The molecule has 90 valence electrons. The second-order valence-electron chi connectivity index (χ2n) is 4.28. The van der Waals surface area contributed by atoms with Gasteiger partial charge in [-0.25, -0.2) is 0 Å². The van der Waals surface area contributed by atoms with Crippen LogP contribution in [0.25, 0.3) is 10.9 Å². The summed E-state index contributed by atoms with van der Waals surface area (Å²) >= 11 is 3.46. The largest absolute Gasteiger partial charge is 0.392 e. The van der Waals surface area contributed by atoms with Crippen LogP contribution in [-0.2, 0) is 6.61 Å². The molecule has 0 aliphatic rings. The van der Waals surface area contributed by atoms with Gasteiger partial charge in [0, 0.05) is 27.7 Å². The second kappa shape index (κ2) is 5.02. The van der Waals surface area contributed by atoms with Gasteiger partial charge in [-0.3, -0.25) is 4.98 Å². The Kier molecular flexibility index (Phi) is 3.64. The van der Waals surface area contributed by atoms with Crippen LogP contribution in [0.4, 0.5) is 5.69 Å². The van der Waals surface area contributed by atoms with Crippen LogP contribution in [0.1, 0.15) is 19.4 Å². The van der Waals surface area contributed by atoms with Crippen molar-refractivity contribution in [1.29, 1.82) is 0 Å². The van der Waals surface area contributed by atoms with Gasteiger partial charge in [-0.05, 0) is 32.0 Å². The van der Waals surface area contributed by atoms with E-state index >= 15 is 0 Å². The van der Waals surface area contributed by atoms with E-state index in [1.54, 1.807) is 6.20 Å². The molecule has 1 heterocycles. The Balaban J connectivity index is 2.67. The molecule has 0 unspecified atom stereocenters. The monoisotopic (exact) mass is 294 g/mol. The third-order valence-electron chi connectivity index (χ3n) is 2.51. The molecule has 2 rings (SSSR count). The average molecular weight is 295 g/mol. The van der Waals surface area contributed by atoms with Gasteiger partial charge in [0.05, 0.1) is 17.8 Å². The third-order valence-corrected chi connectivity index (χ3v) is 3.01. The van der Waals surface area contributed by atoms with Gasteiger partial charge in [0.25, 0.3) is 0 Å². The fourth-order valence-corrected chi connectivity index (χ4v) is 2.15. The van der Waals surface area contributed by atoms with E-state index in [1.807, 2.05) is 18.2 Å². The number of halogens is 1. The first-order valence-electron chi connectivity index (χ1n) is 5.56. The van der Waals surface area contributed by atoms with Crippen molar-refractivity contribution in [3.8, 4) is 0 Å². The topological polar surface area (TPSA) is 45.1 Å². The predicted molar refractivity (Wildman–Crippen MR) is 74.1 cm³/mol. The third kappa shape index (κ3) is 2.58. The lowest BCUT2D eigenvalue weighted by molar-refractivity contribution is 0.282. The summed E-state index contributed by atoms with van der Waals surface area (Å²) < 4.78 is 1.01. The van der Waals surface area contributed by atoms with Crippen molar-refractivity contribution >= 4 is 32.5 Å². The van der Waals surface area contributed by atoms with Crippen LogP contribution in [0.2, 0.25) is 0 Å². The minimum absolute atomic E-state index is 0.00942. The Labute approximate surface area is 109 Å². The lowest BCUT2D eigenvalue weighted by Gasteiger charge is -2.16. The van der Waals surface area contributed by atoms with Gasteiger partial charge in [0.1, 0.15) is 0 Å². The quantitative estimate of drug-likeness (QED) is 0.913. The normalized spacial score (nSPS) is 11.1. The van der Waals surface area contributed by atoms with E-state index < -0.39 is 0 Å². The molecule has 2 N–H and O–H groups in total. The summed E-state index contributed by atoms with van der Waals surface area (Å²) in [4.78, 5) is 4.34. The van der Waals surface area contributed by atoms with Crippen molar-refractivity contribution in [3.05, 3.63) is 34.4 Å². The highest BCUT2D eigenvalue weighted by atomic mass is 79.9. The summed E-state index contributed by atoms with van der Waals surface area (Å²) in [5.74, 6) is 0. The fraction of sp³-hybridized carbons (Fsp3) is 0.308. The van der Waals surface area contributed by atoms with Gasteiger partial charge in [-0.15, -0.1) is 0 Å². The maximum atomic E-state index is 9.37. The smallest absolute Gasteiger partial charge is 0.0723 e. The summed E-state index contributed by atoms with van der Waals surface area (Å²) in [5, 5.41) is 13.8. The van der Waals surface area contributed by atoms with Crippen LogP contribution in [-0.4, -0.2) is 16.1 Å². The first-order chi connectivity index (χ1) is 8.11. The van der Waals surface area contributed by atoms with Crippen LogP contribution in [0.3, 0.4) is 0 Å². The number of nitrogens with one attached hydrogen (secondary N) is 1. The summed E-state index contributed by atoms with van der Waals surface area (Å²) in [6, 6.07) is 6.26. The predicted octanol–water partition coefficient (Wildman–Crippen LogP) is 3.31. The molecule has 0 bridgehead atoms. The Morgan fingerprint density at radius 2 is 2.18 bits per heavy atom. The standard InChI is InChI=1S/C13H15BrN2O/c1-8(2)16-13-9(7-17)6-15-12-4-3-10(14)5-11(12)13/h3-6,8,17H,7H2,1-2H3,(H,15,16). The van der Waals surface area contributed by atoms with Crippen LogP contribution in [0.15, 0.2) is 28.9 Å². The molecule has 1 aromatic heterocycles. The molecule has 3 nitrogen and oxygen atoms in total. The SMILES string of the molecule is CC(C)Nc1c(CO)cnc2ccc(Br)cc12. The van der Waals surface area contributed by atoms with E-state index in [2.05, 4.69) is 40.1 Å². The number of fused-ring (bicyclic) bond motifs is 1. The van der Waals surface area contributed by atoms with Crippen molar-refractivity contribution in [3.63, 3.8) is 0 Å². The van der Waals surface area contributed by atoms with Crippen molar-refractivity contribution in [1.82, 2.24) is 4.98 Å². The number of aliphatic hydroxyl groups excluding tert-OH is 1. The number of pyridine rings is 1. The van der Waals surface area contributed by atoms with Crippen molar-refractivity contribution in [2.45, 2.75) is 26.5 Å². The van der Waals surface area contributed by atoms with Gasteiger partial charge in [-0.2, -0.15) is 0 Å². The van der Waals surface area contributed by atoms with E-state index in [9.17, 15) is 5.11 Å². The molecule has 0 saturated heterocycles. The summed E-state index contributed by atoms with van der Waals surface area (Å²) in [7, 11) is 0. The van der Waals surface area contributed by atoms with Gasteiger partial charge >= 0.3 is 0 Å². The van der Waals surface area contributed by atoms with E-state index in [-0.39, 0.29) is 6.61 Å². The molecule has 0 amide bonds. The second-order valence-corrected chi connectivity index (χ2v) is 5.19. The Morgan fingerprint density at radius 1 is 1.41 bits per heavy atom. The molecule has 0 spiro atoms. The van der Waals surface area contributed by atoms with E-state index in [0.717, 1.165) is 26.6 Å². The molecule has 0 saturated carbocycles. The molecule has 0 atom stereocenters. The van der Waals surface area contributed by atoms with Crippen LogP contribution < -0.4 is 5.32 Å². The molecular formula is C13H15BrN2O. The number of benzene rings is 1. The number of nitrogens with zero attached hydrogens (tertiary/aromatic N) is 1. The number of anilines is 1. The zero-order chi connectivity index (χ0) is 12.4. The molecule has 4 heteroatoms. The first kappa shape index (κ1) is 12.3. The van der Waals surface area contributed by atoms with Gasteiger partial charge in [-0.1, -0.05) is 15.9 Å². The molecule has 17 heavy (non-hydrogen) atoms. The fourth-order valence-electron chi connectivity index (χ4n) is 1.79. The Morgan fingerprint density at radius 3 is 2.82 bits per heavy atom. The summed E-state index contributed by atoms with van der Waals surface area (Å²) in [6.07, 6.45) is 1.72. The summed E-state index contributed by atoms with van der Waals surface area (Å²) in [6.45, 7) is 4.14. The van der Waals surface area contributed by atoms with E-state index in [4.69, 9.17) is 0 Å². The number of hydrogen-bond donors (Lipinski definition) is 2. The molecule has 2 aromatic rings. The maximum Gasteiger partial charge on any atom is 0.0723 e. The molecule has 0 radical (unpaired) electrons. The highest BCUT2D eigenvalue weighted by molar-refractivity contribution is 9.10. The average Bonchev–Trinajstić information content (AvgIpc) is 2.29. The number of aliphatic hydroxyl groups is 1. The Hall–Kier alpha value is -1.13. The maximum absolute atomic E-state index is 9.37. The number of rotatable bonds is 3. The zero-order valence-corrected chi connectivity index (χ0v) is 11.5. The number of hydrogen-bond acceptors (Lipinski definition) is 3. The zero-order valence-electron chi connectivity index (χ0n) is 9.87. The molecule has 0 aliphatic carbocycles. The molecule has 0 aliphatic heterocycles. The van der Waals surface area contributed by atoms with E-state index in [0.29, 0.717) is 6.04 Å². The van der Waals surface area contributed by atoms with Gasteiger partial charge < -0.3 is 10.4 Å². The van der Waals surface area contributed by atoms with E-state index in [1.165, 1.54) is 0 Å². The Bertz CT molecular complexity index is 540. The van der Waals surface area contributed by atoms with Gasteiger partial charge in [0.15, 0.2) is 0 Å². The first-order valence-corrected chi connectivity index (χ1v) is 6.35. The molecule has 1 aromatic carbocycles. The van der Waals surface area contributed by atoms with Crippen molar-refractivity contribution in [2.75, 3.05) is 5.32 Å². The minimum Gasteiger partial charge on any atom is -0.392 e. The van der Waals surface area contributed by atoms with Crippen LogP contribution >= 0.6 is 15.9 Å². The molecule has 0 fully saturated rings. The lowest BCUT2D eigenvalue weighted by Crippen LogP contribution is -2.12. The lowest BCUT2D eigenvalue weighted by atomic mass is 10.1. The highest BCUT2D eigenvalue weighted by Gasteiger charge is 2.09. The van der Waals surface area contributed by atoms with Crippen LogP contribution in [0, 0.1) is 0 Å². The minimum atomic E-state index is -0.00942. The van der Waals surface area contributed by atoms with Crippen molar-refractivity contribution < 1.29 is 5.11 Å². The van der Waals surface area contributed by atoms with Gasteiger partial charge in [0.2, 0.25) is 0 Å². The van der Waals surface area contributed by atoms with Crippen molar-refractivity contribution in [2.24, 2.45) is 0 Å². The number of aromatic nitrogens is 1. The van der Waals surface area contributed by atoms with Crippen LogP contribution in [0.5, 0.6) is 0 Å². The highest BCUT2D eigenvalue weighted by Crippen LogP contribution is 2.29. The molecular weight excluding hydrogens is 280 g/mol.